The second-order valence-corrected chi connectivity index (χ2v) is 6.25. The fourth-order valence-electron chi connectivity index (χ4n) is 2.08. The van der Waals surface area contributed by atoms with Crippen LogP contribution in [0.25, 0.3) is 0 Å². The quantitative estimate of drug-likeness (QED) is 0.758. The molecule has 7 heteroatoms. The number of benzene rings is 1. The Hall–Kier alpha value is -0.920. The van der Waals surface area contributed by atoms with Gasteiger partial charge in [-0.25, -0.2) is 4.79 Å². The van der Waals surface area contributed by atoms with Crippen molar-refractivity contribution in [2.24, 2.45) is 5.92 Å². The first-order chi connectivity index (χ1) is 9.52. The molecule has 1 aliphatic heterocycles. The van der Waals surface area contributed by atoms with Gasteiger partial charge in [-0.05, 0) is 41.0 Å². The third-order valence-electron chi connectivity index (χ3n) is 3.14. The number of methoxy groups -OCH3 is 1. The number of esters is 1. The van der Waals surface area contributed by atoms with Crippen LogP contribution in [0.15, 0.2) is 21.1 Å². The number of hydrogen-bond donors (Lipinski definition) is 2. The molecule has 5 nitrogen and oxygen atoms in total. The van der Waals surface area contributed by atoms with Crippen molar-refractivity contribution in [3.8, 4) is 0 Å². The highest BCUT2D eigenvalue weighted by Gasteiger charge is 2.25. The minimum absolute atomic E-state index is 0.0731. The molecule has 0 aliphatic carbocycles. The largest absolute Gasteiger partial charge is 0.465 e. The van der Waals surface area contributed by atoms with Crippen LogP contribution in [-0.4, -0.2) is 32.1 Å². The first kappa shape index (κ1) is 15.5. The minimum atomic E-state index is -0.494. The molecule has 0 radical (unpaired) electrons. The summed E-state index contributed by atoms with van der Waals surface area (Å²) in [5, 5.41) is 5.96. The molecule has 20 heavy (non-hydrogen) atoms. The Labute approximate surface area is 133 Å². The second-order valence-electron chi connectivity index (χ2n) is 4.48. The molecule has 0 spiro atoms. The fraction of sp³-hybridized carbons (Fsp3) is 0.385. The Kier molecular flexibility index (Phi) is 5.17. The van der Waals surface area contributed by atoms with Gasteiger partial charge < -0.3 is 15.4 Å². The number of carbonyl (C=O) groups excluding carboxylic acids is 2. The summed E-state index contributed by atoms with van der Waals surface area (Å²) in [7, 11) is 1.31. The third-order valence-corrected chi connectivity index (χ3v) is 4.22. The Bertz CT molecular complexity index is 543. The summed E-state index contributed by atoms with van der Waals surface area (Å²) in [5.74, 6) is -0.661. The molecule has 1 aromatic carbocycles. The van der Waals surface area contributed by atoms with Crippen LogP contribution in [0.5, 0.6) is 0 Å². The smallest absolute Gasteiger partial charge is 0.340 e. The van der Waals surface area contributed by atoms with Crippen molar-refractivity contribution in [3.63, 3.8) is 0 Å². The number of amides is 1. The van der Waals surface area contributed by atoms with Crippen molar-refractivity contribution in [2.45, 2.75) is 6.42 Å². The maximum atomic E-state index is 12.2. The summed E-state index contributed by atoms with van der Waals surface area (Å²) in [5.41, 5.74) is 0.755. The molecule has 108 valence electrons. The first-order valence-electron chi connectivity index (χ1n) is 6.12. The Morgan fingerprint density at radius 1 is 1.40 bits per heavy atom. The van der Waals surface area contributed by atoms with Gasteiger partial charge in [0.05, 0.1) is 24.3 Å². The summed E-state index contributed by atoms with van der Waals surface area (Å²) in [4.78, 5) is 24.0. The average Bonchev–Trinajstić information content (AvgIpc) is 2.94. The van der Waals surface area contributed by atoms with E-state index in [-0.39, 0.29) is 11.8 Å². The van der Waals surface area contributed by atoms with E-state index in [9.17, 15) is 9.59 Å². The summed E-state index contributed by atoms with van der Waals surface area (Å²) < 4.78 is 6.11. The van der Waals surface area contributed by atoms with Crippen LogP contribution in [0.2, 0.25) is 0 Å². The summed E-state index contributed by atoms with van der Waals surface area (Å²) in [6.45, 7) is 1.50. The minimum Gasteiger partial charge on any atom is -0.465 e. The molecule has 1 amide bonds. The molecule has 1 aromatic rings. The number of ether oxygens (including phenoxy) is 1. The van der Waals surface area contributed by atoms with Crippen molar-refractivity contribution >= 4 is 49.4 Å². The van der Waals surface area contributed by atoms with Crippen LogP contribution in [0.1, 0.15) is 16.8 Å². The van der Waals surface area contributed by atoms with E-state index < -0.39 is 5.97 Å². The monoisotopic (exact) mass is 404 g/mol. The SMILES string of the molecule is COC(=O)c1cc(Br)cc(Br)c1NC(=O)C1CCNC1. The van der Waals surface area contributed by atoms with E-state index in [1.165, 1.54) is 7.11 Å². The third kappa shape index (κ3) is 3.39. The highest BCUT2D eigenvalue weighted by atomic mass is 79.9. The van der Waals surface area contributed by atoms with Crippen LogP contribution in [0.3, 0.4) is 0 Å². The number of halogens is 2. The maximum Gasteiger partial charge on any atom is 0.340 e. The van der Waals surface area contributed by atoms with Gasteiger partial charge in [0.15, 0.2) is 0 Å². The fourth-order valence-corrected chi connectivity index (χ4v) is 3.40. The Morgan fingerprint density at radius 2 is 2.15 bits per heavy atom. The van der Waals surface area contributed by atoms with Gasteiger partial charge in [-0.1, -0.05) is 15.9 Å². The van der Waals surface area contributed by atoms with E-state index in [0.29, 0.717) is 22.3 Å². The van der Waals surface area contributed by atoms with Crippen molar-refractivity contribution < 1.29 is 14.3 Å². The normalized spacial score (nSPS) is 17.9. The number of anilines is 1. The van der Waals surface area contributed by atoms with E-state index in [1.54, 1.807) is 12.1 Å². The average molecular weight is 406 g/mol. The zero-order valence-electron chi connectivity index (χ0n) is 10.8. The van der Waals surface area contributed by atoms with E-state index in [4.69, 9.17) is 4.74 Å². The highest BCUT2D eigenvalue weighted by molar-refractivity contribution is 9.11. The van der Waals surface area contributed by atoms with Crippen molar-refractivity contribution in [2.75, 3.05) is 25.5 Å². The van der Waals surface area contributed by atoms with Gasteiger partial charge in [0, 0.05) is 15.5 Å². The molecule has 1 saturated heterocycles. The van der Waals surface area contributed by atoms with E-state index in [0.717, 1.165) is 17.4 Å². The van der Waals surface area contributed by atoms with Crippen molar-refractivity contribution in [1.82, 2.24) is 5.32 Å². The lowest BCUT2D eigenvalue weighted by Crippen LogP contribution is -2.26. The zero-order chi connectivity index (χ0) is 14.7. The van der Waals surface area contributed by atoms with Crippen molar-refractivity contribution in [1.29, 1.82) is 0 Å². The standard InChI is InChI=1S/C13H14Br2N2O3/c1-20-13(19)9-4-8(14)5-10(15)11(9)17-12(18)7-2-3-16-6-7/h4-5,7,16H,2-3,6H2,1H3,(H,17,18). The number of nitrogens with one attached hydrogen (secondary N) is 2. The van der Waals surface area contributed by atoms with Crippen LogP contribution in [0.4, 0.5) is 5.69 Å². The lowest BCUT2D eigenvalue weighted by Gasteiger charge is -2.15. The summed E-state index contributed by atoms with van der Waals surface area (Å²) >= 11 is 6.68. The summed E-state index contributed by atoms with van der Waals surface area (Å²) in [6.07, 6.45) is 0.799. The lowest BCUT2D eigenvalue weighted by molar-refractivity contribution is -0.119. The lowest BCUT2D eigenvalue weighted by atomic mass is 10.1. The zero-order valence-corrected chi connectivity index (χ0v) is 14.0. The molecule has 0 bridgehead atoms. The van der Waals surface area contributed by atoms with Gasteiger partial charge in [-0.3, -0.25) is 4.79 Å². The van der Waals surface area contributed by atoms with Crippen molar-refractivity contribution in [3.05, 3.63) is 26.6 Å². The van der Waals surface area contributed by atoms with Crippen LogP contribution in [-0.2, 0) is 9.53 Å². The van der Waals surface area contributed by atoms with Gasteiger partial charge in [0.2, 0.25) is 5.91 Å². The number of carbonyl (C=O) groups is 2. The van der Waals surface area contributed by atoms with Crippen LogP contribution < -0.4 is 10.6 Å². The maximum absolute atomic E-state index is 12.2. The predicted octanol–water partition coefficient (Wildman–Crippen LogP) is 2.55. The van der Waals surface area contributed by atoms with Gasteiger partial charge in [-0.15, -0.1) is 0 Å². The molecule has 1 aliphatic rings. The molecule has 0 aromatic heterocycles. The second kappa shape index (κ2) is 6.69. The molecule has 2 N–H and O–H groups in total. The van der Waals surface area contributed by atoms with Crippen LogP contribution in [0, 0.1) is 5.92 Å². The molecule has 1 fully saturated rings. The van der Waals surface area contributed by atoms with Gasteiger partial charge in [0.1, 0.15) is 0 Å². The molecular weight excluding hydrogens is 392 g/mol. The van der Waals surface area contributed by atoms with Crippen LogP contribution >= 0.6 is 31.9 Å². The molecule has 2 rings (SSSR count). The van der Waals surface area contributed by atoms with E-state index in [2.05, 4.69) is 42.5 Å². The van der Waals surface area contributed by atoms with E-state index in [1.807, 2.05) is 0 Å². The number of hydrogen-bond acceptors (Lipinski definition) is 4. The first-order valence-corrected chi connectivity index (χ1v) is 7.70. The summed E-state index contributed by atoms with van der Waals surface area (Å²) in [6, 6.07) is 3.40. The number of rotatable bonds is 3. The topological polar surface area (TPSA) is 67.4 Å². The van der Waals surface area contributed by atoms with Gasteiger partial charge in [0.25, 0.3) is 0 Å². The molecular formula is C13H14Br2N2O3. The predicted molar refractivity (Wildman–Crippen MR) is 82.8 cm³/mol. The van der Waals surface area contributed by atoms with Gasteiger partial charge >= 0.3 is 5.97 Å². The molecule has 0 saturated carbocycles. The van der Waals surface area contributed by atoms with E-state index >= 15 is 0 Å². The molecule has 1 heterocycles. The van der Waals surface area contributed by atoms with Gasteiger partial charge in [-0.2, -0.15) is 0 Å². The molecule has 1 atom stereocenters. The Balaban J connectivity index is 2.29. The Morgan fingerprint density at radius 3 is 2.75 bits per heavy atom. The molecule has 1 unspecified atom stereocenters. The highest BCUT2D eigenvalue weighted by Crippen LogP contribution is 2.32.